The molecule has 1 aromatic carbocycles. The Morgan fingerprint density at radius 3 is 2.85 bits per heavy atom. The molecule has 3 atom stereocenters. The van der Waals surface area contributed by atoms with E-state index in [1.54, 1.807) is 0 Å². The number of aromatic nitrogens is 1. The molecule has 6 heteroatoms. The molecule has 3 heterocycles. The lowest BCUT2D eigenvalue weighted by Gasteiger charge is -2.32. The molecule has 0 aliphatic carbocycles. The lowest BCUT2D eigenvalue weighted by molar-refractivity contribution is 0.255. The van der Waals surface area contributed by atoms with Gasteiger partial charge in [0.25, 0.3) is 0 Å². The van der Waals surface area contributed by atoms with Crippen LogP contribution < -0.4 is 4.74 Å². The molecule has 136 valence electrons. The van der Waals surface area contributed by atoms with Gasteiger partial charge in [0.05, 0.1) is 23.4 Å². The molecule has 2 aliphatic rings. The van der Waals surface area contributed by atoms with Crippen molar-refractivity contribution in [2.75, 3.05) is 12.4 Å². The number of hydrogen-bond donors (Lipinski definition) is 0. The summed E-state index contributed by atoms with van der Waals surface area (Å²) in [6, 6.07) is 12.7. The standard InChI is InChI=1S/C20H22ClN3OS/c1-3-14-12-26-20-23-18(16-7-5-6-10-22-16)19(24(14)20)13-8-9-17(25-4-2)15(21)11-13/h5-11,14,18-19H,3-4,12H2,1-2H3/t14-,18-,19-/m1/s1. The Kier molecular flexibility index (Phi) is 5.09. The zero-order chi connectivity index (χ0) is 18.1. The molecule has 4 nitrogen and oxygen atoms in total. The first-order valence-electron chi connectivity index (χ1n) is 9.05. The van der Waals surface area contributed by atoms with Crippen molar-refractivity contribution in [3.8, 4) is 5.75 Å². The number of thioether (sulfide) groups is 1. The van der Waals surface area contributed by atoms with Crippen LogP contribution in [0.1, 0.15) is 43.6 Å². The predicted molar refractivity (Wildman–Crippen MR) is 108 cm³/mol. The van der Waals surface area contributed by atoms with Crippen molar-refractivity contribution in [1.29, 1.82) is 0 Å². The molecule has 1 saturated heterocycles. The minimum absolute atomic E-state index is 0.0120. The highest BCUT2D eigenvalue weighted by atomic mass is 35.5. The first kappa shape index (κ1) is 17.7. The lowest BCUT2D eigenvalue weighted by Crippen LogP contribution is -2.35. The maximum atomic E-state index is 6.49. The van der Waals surface area contributed by atoms with E-state index in [1.165, 1.54) is 0 Å². The summed E-state index contributed by atoms with van der Waals surface area (Å²) in [5, 5.41) is 1.78. The third-order valence-corrected chi connectivity index (χ3v) is 6.35. The molecular formula is C20H22ClN3OS. The van der Waals surface area contributed by atoms with Gasteiger partial charge in [-0.2, -0.15) is 0 Å². The quantitative estimate of drug-likeness (QED) is 0.714. The fourth-order valence-electron chi connectivity index (χ4n) is 3.68. The van der Waals surface area contributed by atoms with Crippen LogP contribution in [-0.2, 0) is 0 Å². The van der Waals surface area contributed by atoms with Crippen LogP contribution in [0.15, 0.2) is 47.6 Å². The molecule has 0 radical (unpaired) electrons. The van der Waals surface area contributed by atoms with Crippen molar-refractivity contribution in [3.63, 3.8) is 0 Å². The number of aliphatic imine (C=N–C) groups is 1. The van der Waals surface area contributed by atoms with Gasteiger partial charge in [0.15, 0.2) is 5.17 Å². The number of halogens is 1. The molecule has 4 rings (SSSR count). The molecule has 0 amide bonds. The zero-order valence-electron chi connectivity index (χ0n) is 14.9. The first-order chi connectivity index (χ1) is 12.7. The van der Waals surface area contributed by atoms with Gasteiger partial charge >= 0.3 is 0 Å². The summed E-state index contributed by atoms with van der Waals surface area (Å²) in [6.07, 6.45) is 2.94. The molecule has 1 fully saturated rings. The Balaban J connectivity index is 1.76. The second-order valence-electron chi connectivity index (χ2n) is 6.46. The number of nitrogens with zero attached hydrogens (tertiary/aromatic N) is 3. The van der Waals surface area contributed by atoms with Crippen LogP contribution in [0, 0.1) is 0 Å². The average molecular weight is 388 g/mol. The normalized spacial score (nSPS) is 24.5. The second kappa shape index (κ2) is 7.49. The van der Waals surface area contributed by atoms with E-state index in [0.717, 1.165) is 34.3 Å². The highest BCUT2D eigenvalue weighted by Crippen LogP contribution is 2.49. The van der Waals surface area contributed by atoms with E-state index < -0.39 is 0 Å². The molecule has 2 aliphatic heterocycles. The Morgan fingerprint density at radius 1 is 1.27 bits per heavy atom. The van der Waals surface area contributed by atoms with Crippen molar-refractivity contribution >= 4 is 28.5 Å². The molecule has 26 heavy (non-hydrogen) atoms. The summed E-state index contributed by atoms with van der Waals surface area (Å²) < 4.78 is 5.60. The van der Waals surface area contributed by atoms with Crippen molar-refractivity contribution < 1.29 is 4.74 Å². The van der Waals surface area contributed by atoms with E-state index in [1.807, 2.05) is 49.1 Å². The maximum absolute atomic E-state index is 6.49. The number of benzene rings is 1. The van der Waals surface area contributed by atoms with Crippen LogP contribution in [0.3, 0.4) is 0 Å². The Hall–Kier alpha value is -1.72. The van der Waals surface area contributed by atoms with Crippen LogP contribution in [0.25, 0.3) is 0 Å². The third kappa shape index (κ3) is 3.08. The molecule has 2 aromatic rings. The maximum Gasteiger partial charge on any atom is 0.160 e. The van der Waals surface area contributed by atoms with E-state index >= 15 is 0 Å². The van der Waals surface area contributed by atoms with E-state index in [4.69, 9.17) is 21.3 Å². The highest BCUT2D eigenvalue weighted by molar-refractivity contribution is 8.14. The van der Waals surface area contributed by atoms with Crippen LogP contribution >= 0.6 is 23.4 Å². The number of amidine groups is 1. The molecule has 1 aromatic heterocycles. The van der Waals surface area contributed by atoms with E-state index in [-0.39, 0.29) is 12.1 Å². The summed E-state index contributed by atoms with van der Waals surface area (Å²) in [7, 11) is 0. The average Bonchev–Trinajstić information content (AvgIpc) is 3.23. The molecule has 0 N–H and O–H groups in total. The minimum Gasteiger partial charge on any atom is -0.492 e. The van der Waals surface area contributed by atoms with E-state index in [2.05, 4.69) is 28.9 Å². The minimum atomic E-state index is -0.0120. The van der Waals surface area contributed by atoms with Gasteiger partial charge in [-0.3, -0.25) is 9.98 Å². The van der Waals surface area contributed by atoms with Crippen LogP contribution in [0.2, 0.25) is 5.02 Å². The number of ether oxygens (including phenoxy) is 1. The van der Waals surface area contributed by atoms with Crippen LogP contribution in [0.5, 0.6) is 5.75 Å². The SMILES string of the molecule is CCOc1ccc([C@@H]2[C@@H](c3ccccn3)N=C3SC[C@@H](CC)N32)cc1Cl. The lowest BCUT2D eigenvalue weighted by atomic mass is 9.95. The summed E-state index contributed by atoms with van der Waals surface area (Å²) in [5.41, 5.74) is 2.16. The monoisotopic (exact) mass is 387 g/mol. The fourth-order valence-corrected chi connectivity index (χ4v) is 5.26. The largest absolute Gasteiger partial charge is 0.492 e. The Morgan fingerprint density at radius 2 is 2.15 bits per heavy atom. The summed E-state index contributed by atoms with van der Waals surface area (Å²) in [6.45, 7) is 4.81. The number of fused-ring (bicyclic) bond motifs is 1. The van der Waals surface area contributed by atoms with Crippen molar-refractivity contribution in [3.05, 3.63) is 58.9 Å². The van der Waals surface area contributed by atoms with E-state index in [0.29, 0.717) is 17.7 Å². The molecular weight excluding hydrogens is 366 g/mol. The molecule has 0 bridgehead atoms. The summed E-state index contributed by atoms with van der Waals surface area (Å²) >= 11 is 8.34. The predicted octanol–water partition coefficient (Wildman–Crippen LogP) is 5.11. The van der Waals surface area contributed by atoms with Gasteiger partial charge in [-0.25, -0.2) is 0 Å². The summed E-state index contributed by atoms with van der Waals surface area (Å²) in [5.74, 6) is 1.82. The Labute approximate surface area is 163 Å². The van der Waals surface area contributed by atoms with Gasteiger partial charge in [0.2, 0.25) is 0 Å². The third-order valence-electron chi connectivity index (χ3n) is 4.93. The molecule has 0 saturated carbocycles. The smallest absolute Gasteiger partial charge is 0.160 e. The summed E-state index contributed by atoms with van der Waals surface area (Å²) in [4.78, 5) is 12.1. The van der Waals surface area contributed by atoms with Gasteiger partial charge < -0.3 is 9.64 Å². The molecule has 0 spiro atoms. The van der Waals surface area contributed by atoms with Gasteiger partial charge in [-0.1, -0.05) is 42.4 Å². The van der Waals surface area contributed by atoms with Gasteiger partial charge in [0.1, 0.15) is 11.8 Å². The van der Waals surface area contributed by atoms with Gasteiger partial charge in [-0.05, 0) is 43.2 Å². The van der Waals surface area contributed by atoms with Crippen molar-refractivity contribution in [1.82, 2.24) is 9.88 Å². The van der Waals surface area contributed by atoms with Crippen LogP contribution in [0.4, 0.5) is 0 Å². The zero-order valence-corrected chi connectivity index (χ0v) is 16.5. The van der Waals surface area contributed by atoms with E-state index in [9.17, 15) is 0 Å². The van der Waals surface area contributed by atoms with Crippen molar-refractivity contribution in [2.45, 2.75) is 38.4 Å². The van der Waals surface area contributed by atoms with Gasteiger partial charge in [0, 0.05) is 18.0 Å². The van der Waals surface area contributed by atoms with Gasteiger partial charge in [-0.15, -0.1) is 0 Å². The van der Waals surface area contributed by atoms with Crippen LogP contribution in [-0.4, -0.2) is 33.5 Å². The number of hydrogen-bond acceptors (Lipinski definition) is 5. The highest BCUT2D eigenvalue weighted by Gasteiger charge is 2.45. The fraction of sp³-hybridized carbons (Fsp3) is 0.400. The molecule has 0 unspecified atom stereocenters. The Bertz CT molecular complexity index is 814. The van der Waals surface area contributed by atoms with Crippen molar-refractivity contribution in [2.24, 2.45) is 4.99 Å². The second-order valence-corrected chi connectivity index (χ2v) is 7.85. The number of rotatable bonds is 5. The number of pyridine rings is 1. The topological polar surface area (TPSA) is 37.7 Å². The first-order valence-corrected chi connectivity index (χ1v) is 10.4.